The van der Waals surface area contributed by atoms with Crippen LogP contribution in [0.15, 0.2) is 55.1 Å². The summed E-state index contributed by atoms with van der Waals surface area (Å²) in [7, 11) is 0. The summed E-state index contributed by atoms with van der Waals surface area (Å²) in [6.07, 6.45) is 14.1. The average molecular weight is 470 g/mol. The molecule has 0 saturated carbocycles. The third-order valence-corrected chi connectivity index (χ3v) is 7.34. The summed E-state index contributed by atoms with van der Waals surface area (Å²) < 4.78 is 0. The van der Waals surface area contributed by atoms with Gasteiger partial charge in [-0.15, -0.1) is 0 Å². The van der Waals surface area contributed by atoms with Gasteiger partial charge in [0, 0.05) is 48.7 Å². The Morgan fingerprint density at radius 3 is 1.41 bits per heavy atom. The Hall–Kier alpha value is -1.90. The molecular formula is C28H34Cl2N2. The zero-order chi connectivity index (χ0) is 22.3. The van der Waals surface area contributed by atoms with E-state index in [1.54, 1.807) is 0 Å². The topological polar surface area (TPSA) is 6.48 Å². The minimum absolute atomic E-state index is 0.757. The summed E-state index contributed by atoms with van der Waals surface area (Å²) in [5, 5.41) is 1.51. The van der Waals surface area contributed by atoms with Crippen molar-refractivity contribution in [3.8, 4) is 0 Å². The van der Waals surface area contributed by atoms with Crippen molar-refractivity contribution in [2.75, 3.05) is 36.0 Å². The number of rotatable bonds is 5. The van der Waals surface area contributed by atoms with Gasteiger partial charge in [-0.3, -0.25) is 0 Å². The Bertz CT molecular complexity index is 878. The third kappa shape index (κ3) is 5.53. The lowest BCUT2D eigenvalue weighted by Crippen LogP contribution is -2.23. The van der Waals surface area contributed by atoms with E-state index < -0.39 is 0 Å². The van der Waals surface area contributed by atoms with Crippen LogP contribution in [-0.4, -0.2) is 26.2 Å². The molecule has 0 N–H and O–H groups in total. The summed E-state index contributed by atoms with van der Waals surface area (Å²) >= 11 is 13.7. The summed E-state index contributed by atoms with van der Waals surface area (Å²) in [5.41, 5.74) is 5.42. The molecular weight excluding hydrogens is 435 g/mol. The summed E-state index contributed by atoms with van der Waals surface area (Å²) in [5.74, 6) is 0. The standard InChI is InChI=1S/C28H34Cl2N2/c1-2-11-24(25-14-12-22(20-27(25)29)31-16-7-3-4-8-17-31)26-15-13-23(21-28(26)30)32-18-9-5-6-10-19-32/h2,11-15,20-21H,1,3-10,16-19H2. The van der Waals surface area contributed by atoms with Gasteiger partial charge in [-0.1, -0.05) is 79.7 Å². The first-order valence-corrected chi connectivity index (χ1v) is 12.9. The number of anilines is 2. The molecule has 2 aromatic rings. The predicted octanol–water partition coefficient (Wildman–Crippen LogP) is 8.37. The van der Waals surface area contributed by atoms with E-state index >= 15 is 0 Å². The first-order valence-electron chi connectivity index (χ1n) is 12.1. The van der Waals surface area contributed by atoms with Gasteiger partial charge < -0.3 is 9.80 Å². The van der Waals surface area contributed by atoms with Crippen LogP contribution in [0, 0.1) is 0 Å². The molecule has 2 saturated heterocycles. The number of halogens is 2. The Morgan fingerprint density at radius 2 is 1.06 bits per heavy atom. The third-order valence-electron chi connectivity index (χ3n) is 6.71. The van der Waals surface area contributed by atoms with E-state index in [0.29, 0.717) is 0 Å². The lowest BCUT2D eigenvalue weighted by Gasteiger charge is -2.25. The lowest BCUT2D eigenvalue weighted by atomic mass is 9.96. The molecule has 4 heteroatoms. The smallest absolute Gasteiger partial charge is 0.0505 e. The van der Waals surface area contributed by atoms with Crippen molar-refractivity contribution >= 4 is 40.1 Å². The molecule has 0 unspecified atom stereocenters. The van der Waals surface area contributed by atoms with Crippen molar-refractivity contribution in [3.63, 3.8) is 0 Å². The molecule has 2 aliphatic heterocycles. The van der Waals surface area contributed by atoms with E-state index in [0.717, 1.165) is 52.9 Å². The quantitative estimate of drug-likeness (QED) is 0.406. The number of nitrogens with zero attached hydrogens (tertiary/aromatic N) is 2. The van der Waals surface area contributed by atoms with Gasteiger partial charge in [0.1, 0.15) is 0 Å². The second-order valence-corrected chi connectivity index (χ2v) is 9.76. The summed E-state index contributed by atoms with van der Waals surface area (Å²) in [6.45, 7) is 8.36. The van der Waals surface area contributed by atoms with Gasteiger partial charge in [0.25, 0.3) is 0 Å². The van der Waals surface area contributed by atoms with Crippen molar-refractivity contribution < 1.29 is 0 Å². The number of benzene rings is 2. The van der Waals surface area contributed by atoms with Crippen molar-refractivity contribution in [1.29, 1.82) is 0 Å². The fourth-order valence-corrected chi connectivity index (χ4v) is 5.49. The molecule has 4 rings (SSSR count). The molecule has 0 atom stereocenters. The molecule has 32 heavy (non-hydrogen) atoms. The van der Waals surface area contributed by atoms with Crippen LogP contribution in [0.5, 0.6) is 0 Å². The monoisotopic (exact) mass is 468 g/mol. The van der Waals surface area contributed by atoms with E-state index in [1.165, 1.54) is 62.7 Å². The van der Waals surface area contributed by atoms with Crippen molar-refractivity contribution in [3.05, 3.63) is 76.3 Å². The fourth-order valence-electron chi connectivity index (χ4n) is 4.94. The van der Waals surface area contributed by atoms with E-state index in [1.807, 2.05) is 12.2 Å². The van der Waals surface area contributed by atoms with Crippen molar-refractivity contribution in [1.82, 2.24) is 0 Å². The summed E-state index contributed by atoms with van der Waals surface area (Å²) in [4.78, 5) is 4.92. The van der Waals surface area contributed by atoms with Crippen LogP contribution in [0.3, 0.4) is 0 Å². The number of hydrogen-bond donors (Lipinski definition) is 0. The van der Waals surface area contributed by atoms with Gasteiger partial charge in [0.2, 0.25) is 0 Å². The van der Waals surface area contributed by atoms with Crippen LogP contribution in [0.25, 0.3) is 5.57 Å². The van der Waals surface area contributed by atoms with Crippen LogP contribution in [0.2, 0.25) is 10.0 Å². The van der Waals surface area contributed by atoms with E-state index in [2.05, 4.69) is 52.8 Å². The zero-order valence-corrected chi connectivity index (χ0v) is 20.5. The van der Waals surface area contributed by atoms with Gasteiger partial charge in [0.15, 0.2) is 0 Å². The fraction of sp³-hybridized carbons (Fsp3) is 0.429. The Balaban J connectivity index is 1.62. The van der Waals surface area contributed by atoms with E-state index in [-0.39, 0.29) is 0 Å². The minimum atomic E-state index is 0.757. The molecule has 0 radical (unpaired) electrons. The highest BCUT2D eigenvalue weighted by Gasteiger charge is 2.17. The molecule has 2 aliphatic rings. The Kier molecular flexibility index (Phi) is 8.21. The van der Waals surface area contributed by atoms with Gasteiger partial charge >= 0.3 is 0 Å². The van der Waals surface area contributed by atoms with E-state index in [4.69, 9.17) is 23.2 Å². The molecule has 170 valence electrons. The van der Waals surface area contributed by atoms with Crippen LogP contribution in [0.1, 0.15) is 62.5 Å². The maximum atomic E-state index is 6.84. The first-order chi connectivity index (χ1) is 15.7. The number of hydrogen-bond acceptors (Lipinski definition) is 2. The summed E-state index contributed by atoms with van der Waals surface area (Å²) in [6, 6.07) is 12.9. The van der Waals surface area contributed by atoms with Gasteiger partial charge in [-0.25, -0.2) is 0 Å². The molecule has 0 spiro atoms. The van der Waals surface area contributed by atoms with Crippen molar-refractivity contribution in [2.45, 2.75) is 51.4 Å². The molecule has 0 aliphatic carbocycles. The molecule has 0 aromatic heterocycles. The van der Waals surface area contributed by atoms with Crippen LogP contribution >= 0.6 is 23.2 Å². The second kappa shape index (κ2) is 11.3. The minimum Gasteiger partial charge on any atom is -0.371 e. The molecule has 0 bridgehead atoms. The van der Waals surface area contributed by atoms with Crippen LogP contribution in [-0.2, 0) is 0 Å². The second-order valence-electron chi connectivity index (χ2n) is 8.95. The molecule has 2 nitrogen and oxygen atoms in total. The lowest BCUT2D eigenvalue weighted by molar-refractivity contribution is 0.726. The van der Waals surface area contributed by atoms with Gasteiger partial charge in [0.05, 0.1) is 10.0 Å². The largest absolute Gasteiger partial charge is 0.371 e. The Morgan fingerprint density at radius 1 is 0.656 bits per heavy atom. The number of allylic oxidation sites excluding steroid dienone is 2. The highest BCUT2D eigenvalue weighted by Crippen LogP contribution is 2.37. The highest BCUT2D eigenvalue weighted by molar-refractivity contribution is 6.34. The normalized spacial score (nSPS) is 17.4. The van der Waals surface area contributed by atoms with Crippen LogP contribution < -0.4 is 9.80 Å². The average Bonchev–Trinajstić information content (AvgIpc) is 3.24. The molecule has 2 heterocycles. The predicted molar refractivity (Wildman–Crippen MR) is 142 cm³/mol. The first kappa shape index (κ1) is 23.3. The van der Waals surface area contributed by atoms with E-state index in [9.17, 15) is 0 Å². The maximum Gasteiger partial charge on any atom is 0.0505 e. The SMILES string of the molecule is C=CC=C(c1ccc(N2CCCCCC2)cc1Cl)c1ccc(N2CCCCCC2)cc1Cl. The Labute approximate surface area is 203 Å². The molecule has 2 fully saturated rings. The van der Waals surface area contributed by atoms with Crippen LogP contribution in [0.4, 0.5) is 11.4 Å². The molecule has 2 aromatic carbocycles. The van der Waals surface area contributed by atoms with Gasteiger partial charge in [-0.2, -0.15) is 0 Å². The highest BCUT2D eigenvalue weighted by atomic mass is 35.5. The maximum absolute atomic E-state index is 6.84. The van der Waals surface area contributed by atoms with Crippen molar-refractivity contribution in [2.24, 2.45) is 0 Å². The van der Waals surface area contributed by atoms with Gasteiger partial charge in [-0.05, 0) is 55.5 Å². The zero-order valence-electron chi connectivity index (χ0n) is 19.0. The molecule has 0 amide bonds.